The number of nitrogens with one attached hydrogen (secondary N) is 1. The van der Waals surface area contributed by atoms with E-state index in [-0.39, 0.29) is 11.7 Å². The van der Waals surface area contributed by atoms with Gasteiger partial charge in [-0.3, -0.25) is 0 Å². The van der Waals surface area contributed by atoms with Crippen LogP contribution >= 0.6 is 0 Å². The van der Waals surface area contributed by atoms with Crippen molar-refractivity contribution >= 4 is 0 Å². The highest BCUT2D eigenvalue weighted by Gasteiger charge is 2.28. The summed E-state index contributed by atoms with van der Waals surface area (Å²) in [4.78, 5) is 0. The lowest BCUT2D eigenvalue weighted by molar-refractivity contribution is -0.0628. The molecule has 2 rings (SSSR count). The first-order valence-electron chi connectivity index (χ1n) is 9.91. The Labute approximate surface area is 154 Å². The van der Waals surface area contributed by atoms with E-state index in [1.165, 1.54) is 12.0 Å². The lowest BCUT2D eigenvalue weighted by Crippen LogP contribution is -2.44. The van der Waals surface area contributed by atoms with Gasteiger partial charge >= 0.3 is 0 Å². The normalized spacial score (nSPS) is 21.5. The first-order valence-corrected chi connectivity index (χ1v) is 9.91. The van der Waals surface area contributed by atoms with Gasteiger partial charge in [0.15, 0.2) is 0 Å². The molecule has 1 aliphatic rings. The number of benzene rings is 1. The van der Waals surface area contributed by atoms with Gasteiger partial charge in [-0.05, 0) is 83.0 Å². The van der Waals surface area contributed by atoms with Gasteiger partial charge in [0.25, 0.3) is 0 Å². The van der Waals surface area contributed by atoms with Crippen LogP contribution in [0.3, 0.4) is 0 Å². The fraction of sp³-hybridized carbons (Fsp3) is 0.727. The highest BCUT2D eigenvalue weighted by molar-refractivity contribution is 5.30. The lowest BCUT2D eigenvalue weighted by atomic mass is 9.85. The molecule has 0 saturated carbocycles. The predicted molar refractivity (Wildman–Crippen MR) is 105 cm³/mol. The molecule has 1 fully saturated rings. The maximum atomic E-state index is 5.82. The minimum absolute atomic E-state index is 0.0135. The van der Waals surface area contributed by atoms with Crippen LogP contribution in [0.4, 0.5) is 0 Å². The Morgan fingerprint density at radius 1 is 1.16 bits per heavy atom. The highest BCUT2D eigenvalue weighted by atomic mass is 16.5. The van der Waals surface area contributed by atoms with Gasteiger partial charge in [0.05, 0.1) is 11.7 Å². The van der Waals surface area contributed by atoms with Crippen LogP contribution in [-0.2, 0) is 4.74 Å². The molecule has 0 spiro atoms. The molecule has 1 heterocycles. The van der Waals surface area contributed by atoms with Gasteiger partial charge in [-0.2, -0.15) is 0 Å². The minimum atomic E-state index is 0.0135. The predicted octanol–water partition coefficient (Wildman–Crippen LogP) is 5.15. The first-order chi connectivity index (χ1) is 11.8. The van der Waals surface area contributed by atoms with Crippen molar-refractivity contribution in [3.05, 3.63) is 29.8 Å². The summed E-state index contributed by atoms with van der Waals surface area (Å²) < 4.78 is 11.6. The SMILES string of the molecule is CC(C)Oc1ccc([C@H](CCN[C@@H]2CCOC(C)(C)C2)C(C)C)cc1. The fourth-order valence-electron chi connectivity index (χ4n) is 3.80. The molecule has 0 unspecified atom stereocenters. The molecule has 0 aliphatic carbocycles. The number of hydrogen-bond donors (Lipinski definition) is 1. The zero-order chi connectivity index (χ0) is 18.4. The van der Waals surface area contributed by atoms with E-state index in [1.807, 2.05) is 0 Å². The Hall–Kier alpha value is -1.06. The van der Waals surface area contributed by atoms with Gasteiger partial charge in [0, 0.05) is 12.6 Å². The second kappa shape index (κ2) is 9.05. The second-order valence-electron chi connectivity index (χ2n) is 8.63. The molecule has 142 valence electrons. The summed E-state index contributed by atoms with van der Waals surface area (Å²) in [5.74, 6) is 2.17. The van der Waals surface area contributed by atoms with Crippen molar-refractivity contribution in [3.8, 4) is 5.75 Å². The van der Waals surface area contributed by atoms with Crippen LogP contribution in [0, 0.1) is 5.92 Å². The Morgan fingerprint density at radius 2 is 1.84 bits per heavy atom. The molecule has 0 aromatic heterocycles. The third-order valence-corrected chi connectivity index (χ3v) is 5.07. The summed E-state index contributed by atoms with van der Waals surface area (Å²) in [7, 11) is 0. The minimum Gasteiger partial charge on any atom is -0.491 e. The third kappa shape index (κ3) is 6.63. The molecule has 1 aromatic rings. The van der Waals surface area contributed by atoms with E-state index in [1.54, 1.807) is 0 Å². The lowest BCUT2D eigenvalue weighted by Gasteiger charge is -2.36. The van der Waals surface area contributed by atoms with E-state index in [2.05, 4.69) is 71.1 Å². The van der Waals surface area contributed by atoms with Gasteiger partial charge in [0.1, 0.15) is 5.75 Å². The largest absolute Gasteiger partial charge is 0.491 e. The molecule has 3 nitrogen and oxygen atoms in total. The zero-order valence-electron chi connectivity index (χ0n) is 17.0. The van der Waals surface area contributed by atoms with Gasteiger partial charge in [-0.25, -0.2) is 0 Å². The summed E-state index contributed by atoms with van der Waals surface area (Å²) >= 11 is 0. The average molecular weight is 348 g/mol. The summed E-state index contributed by atoms with van der Waals surface area (Å²) in [6, 6.07) is 9.27. The van der Waals surface area contributed by atoms with Gasteiger partial charge < -0.3 is 14.8 Å². The molecule has 1 aliphatic heterocycles. The Morgan fingerprint density at radius 3 is 2.40 bits per heavy atom. The summed E-state index contributed by atoms with van der Waals surface area (Å²) in [5, 5.41) is 3.77. The van der Waals surface area contributed by atoms with Gasteiger partial charge in [0.2, 0.25) is 0 Å². The monoisotopic (exact) mass is 347 g/mol. The van der Waals surface area contributed by atoms with Crippen molar-refractivity contribution in [2.75, 3.05) is 13.2 Å². The molecule has 25 heavy (non-hydrogen) atoms. The van der Waals surface area contributed by atoms with Crippen LogP contribution in [0.15, 0.2) is 24.3 Å². The average Bonchev–Trinajstić information content (AvgIpc) is 2.51. The maximum absolute atomic E-state index is 5.82. The van der Waals surface area contributed by atoms with Crippen LogP contribution < -0.4 is 10.1 Å². The van der Waals surface area contributed by atoms with Crippen molar-refractivity contribution in [2.45, 2.75) is 84.5 Å². The highest BCUT2D eigenvalue weighted by Crippen LogP contribution is 2.30. The molecule has 3 heteroatoms. The maximum Gasteiger partial charge on any atom is 0.119 e. The van der Waals surface area contributed by atoms with E-state index < -0.39 is 0 Å². The van der Waals surface area contributed by atoms with Gasteiger partial charge in [-0.1, -0.05) is 26.0 Å². The molecule has 1 N–H and O–H groups in total. The summed E-state index contributed by atoms with van der Waals surface area (Å²) in [6.07, 6.45) is 3.61. The fourth-order valence-corrected chi connectivity index (χ4v) is 3.80. The molecule has 0 bridgehead atoms. The first kappa shape index (κ1) is 20.3. The zero-order valence-corrected chi connectivity index (χ0v) is 17.0. The summed E-state index contributed by atoms with van der Waals surface area (Å²) in [5.41, 5.74) is 1.43. The topological polar surface area (TPSA) is 30.5 Å². The summed E-state index contributed by atoms with van der Waals surface area (Å²) in [6.45, 7) is 15.1. The van der Waals surface area contributed by atoms with Crippen LogP contribution in [0.25, 0.3) is 0 Å². The van der Waals surface area contributed by atoms with Crippen molar-refractivity contribution in [2.24, 2.45) is 5.92 Å². The van der Waals surface area contributed by atoms with E-state index in [0.29, 0.717) is 17.9 Å². The molecular formula is C22H37NO2. The van der Waals surface area contributed by atoms with Crippen LogP contribution in [0.2, 0.25) is 0 Å². The second-order valence-corrected chi connectivity index (χ2v) is 8.63. The Kier molecular flexibility index (Phi) is 7.33. The number of ether oxygens (including phenoxy) is 2. The van der Waals surface area contributed by atoms with Crippen molar-refractivity contribution in [3.63, 3.8) is 0 Å². The molecule has 0 amide bonds. The van der Waals surface area contributed by atoms with E-state index in [9.17, 15) is 0 Å². The van der Waals surface area contributed by atoms with Crippen LogP contribution in [0.1, 0.15) is 72.3 Å². The molecule has 1 aromatic carbocycles. The standard InChI is InChI=1S/C22H37NO2/c1-16(2)21(18-7-9-20(10-8-18)25-17(3)4)11-13-23-19-12-14-24-22(5,6)15-19/h7-10,16-17,19,21,23H,11-15H2,1-6H3/t19-,21-/m1/s1. The van der Waals surface area contributed by atoms with E-state index >= 15 is 0 Å². The van der Waals surface area contributed by atoms with Crippen LogP contribution in [0.5, 0.6) is 5.75 Å². The molecule has 1 saturated heterocycles. The van der Waals surface area contributed by atoms with Crippen LogP contribution in [-0.4, -0.2) is 30.9 Å². The Bertz CT molecular complexity index is 507. The van der Waals surface area contributed by atoms with Crippen molar-refractivity contribution in [1.29, 1.82) is 0 Å². The van der Waals surface area contributed by atoms with E-state index in [4.69, 9.17) is 9.47 Å². The van der Waals surface area contributed by atoms with Crippen molar-refractivity contribution in [1.82, 2.24) is 5.32 Å². The quantitative estimate of drug-likeness (QED) is 0.705. The Balaban J connectivity index is 1.88. The molecule has 2 atom stereocenters. The smallest absolute Gasteiger partial charge is 0.119 e. The van der Waals surface area contributed by atoms with Gasteiger partial charge in [-0.15, -0.1) is 0 Å². The molecular weight excluding hydrogens is 310 g/mol. The third-order valence-electron chi connectivity index (χ3n) is 5.07. The number of rotatable bonds is 8. The van der Waals surface area contributed by atoms with Crippen molar-refractivity contribution < 1.29 is 9.47 Å². The molecule has 0 radical (unpaired) electrons. The van der Waals surface area contributed by atoms with E-state index in [0.717, 1.165) is 31.7 Å². The number of hydrogen-bond acceptors (Lipinski definition) is 3.